The first-order chi connectivity index (χ1) is 20.7. The predicted octanol–water partition coefficient (Wildman–Crippen LogP) is 10.1. The zero-order valence-corrected chi connectivity index (χ0v) is 26.5. The molecule has 0 N–H and O–H groups in total. The molecule has 0 radical (unpaired) electrons. The van der Waals surface area contributed by atoms with Crippen LogP contribution in [0.15, 0.2) is 87.5 Å². The van der Waals surface area contributed by atoms with Gasteiger partial charge in [0.05, 0.1) is 10.9 Å². The molecule has 0 atom stereocenters. The maximum absolute atomic E-state index is 9.26. The number of benzene rings is 3. The van der Waals surface area contributed by atoms with Gasteiger partial charge in [0.1, 0.15) is 0 Å². The highest BCUT2D eigenvalue weighted by atomic mass is 32.2. The summed E-state index contributed by atoms with van der Waals surface area (Å²) >= 11 is 0. The molecule has 0 amide bonds. The van der Waals surface area contributed by atoms with Crippen LogP contribution < -0.4 is 5.11 Å². The van der Waals surface area contributed by atoms with Crippen molar-refractivity contribution in [1.82, 2.24) is 0 Å². The number of carbonyl (C=O) groups excluding carboxylic acids is 1. The summed E-state index contributed by atoms with van der Waals surface area (Å²) < 4.78 is 0. The minimum Gasteiger partial charge on any atom is -0.550 e. The summed E-state index contributed by atoms with van der Waals surface area (Å²) in [6, 6.07) is 28.6. The van der Waals surface area contributed by atoms with E-state index in [1.165, 1.54) is 113 Å². The first kappa shape index (κ1) is 30.9. The lowest BCUT2D eigenvalue weighted by Crippen LogP contribution is -2.19. The van der Waals surface area contributed by atoms with E-state index < -0.39 is 5.97 Å². The Morgan fingerprint density at radius 2 is 0.976 bits per heavy atom. The van der Waals surface area contributed by atoms with Crippen molar-refractivity contribution in [3.63, 3.8) is 0 Å². The maximum atomic E-state index is 9.26. The lowest BCUT2D eigenvalue weighted by Gasteiger charge is -2.31. The molecule has 0 aromatic heterocycles. The van der Waals surface area contributed by atoms with Gasteiger partial charge in [-0.05, 0) is 92.5 Å². The molecule has 3 aliphatic rings. The minimum absolute atomic E-state index is 0.0543. The van der Waals surface area contributed by atoms with Gasteiger partial charge in [-0.25, -0.2) is 0 Å². The van der Waals surface area contributed by atoms with E-state index in [1.54, 1.807) is 21.6 Å². The van der Waals surface area contributed by atoms with Crippen molar-refractivity contribution < 1.29 is 9.90 Å². The van der Waals surface area contributed by atoms with E-state index in [9.17, 15) is 9.90 Å². The molecule has 6 rings (SSSR count). The molecule has 0 saturated heterocycles. The molecule has 3 aromatic carbocycles. The fourth-order valence-electron chi connectivity index (χ4n) is 7.52. The Morgan fingerprint density at radius 3 is 1.33 bits per heavy atom. The molecule has 224 valence electrons. The summed E-state index contributed by atoms with van der Waals surface area (Å²) in [5.41, 5.74) is 5.20. The zero-order valence-electron chi connectivity index (χ0n) is 25.7. The second kappa shape index (κ2) is 15.8. The molecule has 0 bridgehead atoms. The SMILES string of the molecule is CCC(=O)[O-].c1ccc([S+](c2ccccc2)c2c(C3CCCCC3)cc(C3CCCCC3)cc2C2CCCCC2)cc1. The van der Waals surface area contributed by atoms with Crippen molar-refractivity contribution in [2.45, 2.75) is 142 Å². The van der Waals surface area contributed by atoms with E-state index in [0.29, 0.717) is 0 Å². The number of carboxylic acids is 1. The maximum Gasteiger partial charge on any atom is 0.173 e. The smallest absolute Gasteiger partial charge is 0.173 e. The van der Waals surface area contributed by atoms with Gasteiger partial charge in [0.2, 0.25) is 0 Å². The van der Waals surface area contributed by atoms with Crippen LogP contribution in [0.2, 0.25) is 0 Å². The van der Waals surface area contributed by atoms with E-state index in [0.717, 1.165) is 17.8 Å². The Balaban J connectivity index is 0.000000652. The monoisotopic (exact) mass is 582 g/mol. The van der Waals surface area contributed by atoms with E-state index >= 15 is 0 Å². The second-order valence-electron chi connectivity index (χ2n) is 12.7. The van der Waals surface area contributed by atoms with Crippen molar-refractivity contribution in [2.24, 2.45) is 0 Å². The predicted molar refractivity (Wildman–Crippen MR) is 174 cm³/mol. The number of carbonyl (C=O) groups is 1. The number of aliphatic carboxylic acids is 1. The largest absolute Gasteiger partial charge is 0.550 e. The summed E-state index contributed by atoms with van der Waals surface area (Å²) in [5.74, 6) is 1.25. The molecular weight excluding hydrogens is 532 g/mol. The van der Waals surface area contributed by atoms with Gasteiger partial charge in [0, 0.05) is 17.1 Å². The molecule has 3 aliphatic carbocycles. The molecular formula is C39H50O2S. The first-order valence-electron chi connectivity index (χ1n) is 16.9. The quantitative estimate of drug-likeness (QED) is 0.260. The third kappa shape index (κ3) is 7.90. The summed E-state index contributed by atoms with van der Waals surface area (Å²) in [4.78, 5) is 14.0. The molecule has 0 aliphatic heterocycles. The summed E-state index contributed by atoms with van der Waals surface area (Å²) in [6.45, 7) is 1.54. The Labute approximate surface area is 257 Å². The first-order valence-corrected chi connectivity index (χ1v) is 18.1. The average molecular weight is 583 g/mol. The lowest BCUT2D eigenvalue weighted by molar-refractivity contribution is -0.305. The summed E-state index contributed by atoms with van der Waals surface area (Å²) in [7, 11) is -0.0543. The molecule has 0 unspecified atom stereocenters. The fourth-order valence-corrected chi connectivity index (χ4v) is 10.0. The van der Waals surface area contributed by atoms with Gasteiger partial charge in [-0.15, -0.1) is 0 Å². The molecule has 3 fully saturated rings. The van der Waals surface area contributed by atoms with Crippen molar-refractivity contribution in [1.29, 1.82) is 0 Å². The number of carboxylic acid groups (broad SMARTS) is 1. The Morgan fingerprint density at radius 1 is 0.619 bits per heavy atom. The van der Waals surface area contributed by atoms with Crippen LogP contribution in [0.3, 0.4) is 0 Å². The van der Waals surface area contributed by atoms with Crippen molar-refractivity contribution in [3.8, 4) is 0 Å². The van der Waals surface area contributed by atoms with Crippen molar-refractivity contribution in [3.05, 3.63) is 89.5 Å². The van der Waals surface area contributed by atoms with Crippen molar-refractivity contribution >= 4 is 16.9 Å². The van der Waals surface area contributed by atoms with E-state index in [4.69, 9.17) is 0 Å². The van der Waals surface area contributed by atoms with Crippen LogP contribution >= 0.6 is 0 Å². The van der Waals surface area contributed by atoms with Crippen LogP contribution in [0.1, 0.15) is 144 Å². The van der Waals surface area contributed by atoms with Gasteiger partial charge >= 0.3 is 0 Å². The molecule has 0 heterocycles. The highest BCUT2D eigenvalue weighted by molar-refractivity contribution is 7.97. The molecule has 3 saturated carbocycles. The third-order valence-corrected chi connectivity index (χ3v) is 12.2. The van der Waals surface area contributed by atoms with Gasteiger partial charge in [0.15, 0.2) is 14.7 Å². The highest BCUT2D eigenvalue weighted by Gasteiger charge is 2.39. The normalized spacial score (nSPS) is 18.8. The molecule has 3 heteroatoms. The average Bonchev–Trinajstić information content (AvgIpc) is 3.07. The molecule has 42 heavy (non-hydrogen) atoms. The molecule has 0 spiro atoms. The Hall–Kier alpha value is -2.52. The zero-order chi connectivity index (χ0) is 29.1. The van der Waals surface area contributed by atoms with Gasteiger partial charge < -0.3 is 9.90 Å². The van der Waals surface area contributed by atoms with Gasteiger partial charge in [-0.2, -0.15) is 0 Å². The van der Waals surface area contributed by atoms with E-state index in [-0.39, 0.29) is 17.3 Å². The molecule has 3 aromatic rings. The number of hydrogen-bond donors (Lipinski definition) is 0. The van der Waals surface area contributed by atoms with Gasteiger partial charge in [0.25, 0.3) is 0 Å². The van der Waals surface area contributed by atoms with Crippen LogP contribution in [0.4, 0.5) is 0 Å². The topological polar surface area (TPSA) is 40.1 Å². The summed E-state index contributed by atoms with van der Waals surface area (Å²) in [5, 5.41) is 9.26. The number of rotatable bonds is 7. The van der Waals surface area contributed by atoms with Crippen LogP contribution in [0, 0.1) is 0 Å². The second-order valence-corrected chi connectivity index (χ2v) is 14.7. The lowest BCUT2D eigenvalue weighted by atomic mass is 9.76. The summed E-state index contributed by atoms with van der Waals surface area (Å²) in [6.07, 6.45) is 21.2. The van der Waals surface area contributed by atoms with Gasteiger partial charge in [-0.3, -0.25) is 0 Å². The Kier molecular flexibility index (Phi) is 11.6. The van der Waals surface area contributed by atoms with E-state index in [2.05, 4.69) is 72.8 Å². The van der Waals surface area contributed by atoms with Crippen LogP contribution in [-0.4, -0.2) is 5.97 Å². The van der Waals surface area contributed by atoms with E-state index in [1.807, 2.05) is 0 Å². The Bertz CT molecular complexity index is 1160. The van der Waals surface area contributed by atoms with Crippen molar-refractivity contribution in [2.75, 3.05) is 0 Å². The fraction of sp³-hybridized carbons (Fsp3) is 0.513. The van der Waals surface area contributed by atoms with Crippen LogP contribution in [0.5, 0.6) is 0 Å². The van der Waals surface area contributed by atoms with Crippen LogP contribution in [0.25, 0.3) is 0 Å². The number of hydrogen-bond acceptors (Lipinski definition) is 2. The van der Waals surface area contributed by atoms with Crippen LogP contribution in [-0.2, 0) is 15.7 Å². The molecule has 2 nitrogen and oxygen atoms in total. The minimum atomic E-state index is -0.995. The standard InChI is InChI=1S/C36H45S.C3H6O2/c1-6-16-28(17-7-1)31-26-34(29-18-8-2-9-19-29)36(35(27-31)30-20-10-3-11-21-30)37(32-22-12-4-13-23-32)33-24-14-5-15-25-33;1-2-3(4)5/h4-5,12-15,22-30H,1-3,6-11,16-21H2;2H2,1H3,(H,4,5)/q+1;/p-1. The third-order valence-electron chi connectivity index (χ3n) is 9.79. The van der Waals surface area contributed by atoms with Gasteiger partial charge in [-0.1, -0.05) is 113 Å². The highest BCUT2D eigenvalue weighted by Crippen LogP contribution is 2.48.